The van der Waals surface area contributed by atoms with Crippen LogP contribution >= 0.6 is 0 Å². The number of benzene rings is 2. The molecular weight excluding hydrogens is 370 g/mol. The minimum Gasteiger partial charge on any atom is -0.497 e. The van der Waals surface area contributed by atoms with E-state index in [2.05, 4.69) is 16.7 Å². The van der Waals surface area contributed by atoms with Gasteiger partial charge in [0.1, 0.15) is 18.1 Å². The van der Waals surface area contributed by atoms with Gasteiger partial charge >= 0.3 is 0 Å². The van der Waals surface area contributed by atoms with Crippen LogP contribution in [0.25, 0.3) is 11.4 Å². The lowest BCUT2D eigenvalue weighted by atomic mass is 10.2. The third-order valence-electron chi connectivity index (χ3n) is 4.08. The third kappa shape index (κ3) is 5.22. The van der Waals surface area contributed by atoms with Gasteiger partial charge in [-0.05, 0) is 42.8 Å². The van der Waals surface area contributed by atoms with Gasteiger partial charge in [-0.2, -0.15) is 4.98 Å². The van der Waals surface area contributed by atoms with Crippen molar-refractivity contribution in [1.29, 1.82) is 0 Å². The Kier molecular flexibility index (Phi) is 6.29. The topological polar surface area (TPSA) is 77.7 Å². The predicted octanol–water partition coefficient (Wildman–Crippen LogP) is 3.97. The number of carbonyl (C=O) groups is 1. The maximum absolute atomic E-state index is 12.7. The summed E-state index contributed by atoms with van der Waals surface area (Å²) in [5.74, 6) is 1.93. The molecule has 0 saturated carbocycles. The van der Waals surface area contributed by atoms with E-state index in [9.17, 15) is 4.79 Å². The molecule has 7 nitrogen and oxygen atoms in total. The van der Waals surface area contributed by atoms with Gasteiger partial charge in [-0.25, -0.2) is 0 Å². The second-order valence-electron chi connectivity index (χ2n) is 6.68. The monoisotopic (exact) mass is 393 g/mol. The summed E-state index contributed by atoms with van der Waals surface area (Å²) in [6.45, 7) is 6.28. The van der Waals surface area contributed by atoms with Crippen molar-refractivity contribution in [1.82, 2.24) is 15.0 Å². The van der Waals surface area contributed by atoms with Crippen LogP contribution in [0.3, 0.4) is 0 Å². The van der Waals surface area contributed by atoms with Crippen molar-refractivity contribution in [3.05, 3.63) is 72.1 Å². The quantitative estimate of drug-likeness (QED) is 0.539. The fourth-order valence-corrected chi connectivity index (χ4v) is 2.62. The fourth-order valence-electron chi connectivity index (χ4n) is 2.62. The van der Waals surface area contributed by atoms with Gasteiger partial charge in [0.05, 0.1) is 13.7 Å². The van der Waals surface area contributed by atoms with E-state index in [-0.39, 0.29) is 12.5 Å². The van der Waals surface area contributed by atoms with Gasteiger partial charge in [0, 0.05) is 18.2 Å². The maximum atomic E-state index is 12.7. The van der Waals surface area contributed by atoms with Crippen LogP contribution in [0.15, 0.2) is 65.2 Å². The molecule has 150 valence electrons. The molecule has 0 N–H and O–H groups in total. The molecule has 29 heavy (non-hydrogen) atoms. The Labute approximate surface area is 169 Å². The van der Waals surface area contributed by atoms with Crippen molar-refractivity contribution in [3.63, 3.8) is 0 Å². The molecule has 0 unspecified atom stereocenters. The van der Waals surface area contributed by atoms with Gasteiger partial charge in [0.25, 0.3) is 5.91 Å². The Morgan fingerprint density at radius 3 is 2.69 bits per heavy atom. The Hall–Kier alpha value is -3.61. The average Bonchev–Trinajstić information content (AvgIpc) is 3.20. The van der Waals surface area contributed by atoms with Gasteiger partial charge in [-0.3, -0.25) is 4.79 Å². The highest BCUT2D eigenvalue weighted by Gasteiger charge is 2.17. The van der Waals surface area contributed by atoms with E-state index in [1.54, 1.807) is 38.4 Å². The molecule has 1 aromatic heterocycles. The minimum atomic E-state index is -0.174. The van der Waals surface area contributed by atoms with E-state index in [1.165, 1.54) is 4.90 Å². The third-order valence-corrected chi connectivity index (χ3v) is 4.08. The summed E-state index contributed by atoms with van der Waals surface area (Å²) < 4.78 is 16.1. The number of amides is 1. The first-order valence-electron chi connectivity index (χ1n) is 9.06. The minimum absolute atomic E-state index is 0.174. The van der Waals surface area contributed by atoms with Crippen LogP contribution in [0, 0.1) is 0 Å². The first-order valence-corrected chi connectivity index (χ1v) is 9.06. The van der Waals surface area contributed by atoms with E-state index in [0.29, 0.717) is 35.4 Å². The second kappa shape index (κ2) is 9.05. The predicted molar refractivity (Wildman–Crippen MR) is 109 cm³/mol. The zero-order chi connectivity index (χ0) is 20.8. The summed E-state index contributed by atoms with van der Waals surface area (Å²) in [5, 5.41) is 3.99. The van der Waals surface area contributed by atoms with Crippen molar-refractivity contribution < 1.29 is 18.8 Å². The fraction of sp³-hybridized carbons (Fsp3) is 0.227. The first kappa shape index (κ1) is 20.1. The smallest absolute Gasteiger partial charge is 0.254 e. The summed E-state index contributed by atoms with van der Waals surface area (Å²) in [7, 11) is 3.28. The highest BCUT2D eigenvalue weighted by Crippen LogP contribution is 2.22. The van der Waals surface area contributed by atoms with E-state index in [4.69, 9.17) is 14.0 Å². The van der Waals surface area contributed by atoms with Gasteiger partial charge in [0.2, 0.25) is 11.7 Å². The molecule has 0 atom stereocenters. The lowest BCUT2D eigenvalue weighted by molar-refractivity contribution is 0.0769. The standard InChI is InChI=1S/C22H23N3O4/c1-15(2)14-28-19-10-6-8-17(12-19)22(26)25(3)13-20-23-21(24-29-20)16-7-5-9-18(11-16)27-4/h5-12H,1,13-14H2,2-4H3. The maximum Gasteiger partial charge on any atom is 0.254 e. The number of ether oxygens (including phenoxy) is 2. The van der Waals surface area contributed by atoms with Crippen molar-refractivity contribution in [3.8, 4) is 22.9 Å². The van der Waals surface area contributed by atoms with Crippen LogP contribution in [0.4, 0.5) is 0 Å². The van der Waals surface area contributed by atoms with Crippen LogP contribution in [0.1, 0.15) is 23.2 Å². The summed E-state index contributed by atoms with van der Waals surface area (Å²) in [6.07, 6.45) is 0. The van der Waals surface area contributed by atoms with Gasteiger partial charge in [-0.15, -0.1) is 0 Å². The zero-order valence-electron chi connectivity index (χ0n) is 16.7. The van der Waals surface area contributed by atoms with E-state index in [1.807, 2.05) is 31.2 Å². The van der Waals surface area contributed by atoms with Gasteiger partial charge < -0.3 is 18.9 Å². The zero-order valence-corrected chi connectivity index (χ0v) is 16.7. The molecule has 3 rings (SSSR count). The molecule has 1 amide bonds. The molecule has 3 aromatic rings. The molecule has 0 aliphatic carbocycles. The Bertz CT molecular complexity index is 1010. The van der Waals surface area contributed by atoms with Crippen LogP contribution in [-0.2, 0) is 6.54 Å². The molecule has 2 aromatic carbocycles. The number of carbonyl (C=O) groups excluding carboxylic acids is 1. The van der Waals surface area contributed by atoms with E-state index in [0.717, 1.165) is 11.1 Å². The molecular formula is C22H23N3O4. The molecule has 7 heteroatoms. The summed E-state index contributed by atoms with van der Waals surface area (Å²) in [6, 6.07) is 14.4. The van der Waals surface area contributed by atoms with Crippen molar-refractivity contribution in [2.24, 2.45) is 0 Å². The largest absolute Gasteiger partial charge is 0.497 e. The molecule has 0 bridgehead atoms. The molecule has 0 aliphatic rings. The van der Waals surface area contributed by atoms with E-state index >= 15 is 0 Å². The highest BCUT2D eigenvalue weighted by atomic mass is 16.5. The number of aromatic nitrogens is 2. The molecule has 0 spiro atoms. The van der Waals surface area contributed by atoms with Gasteiger partial charge in [0.15, 0.2) is 0 Å². The van der Waals surface area contributed by atoms with Crippen LogP contribution in [0.5, 0.6) is 11.5 Å². The van der Waals surface area contributed by atoms with Crippen LogP contribution in [0.2, 0.25) is 0 Å². The summed E-state index contributed by atoms with van der Waals surface area (Å²) in [4.78, 5) is 18.6. The highest BCUT2D eigenvalue weighted by molar-refractivity contribution is 5.94. The van der Waals surface area contributed by atoms with Crippen molar-refractivity contribution in [2.45, 2.75) is 13.5 Å². The SMILES string of the molecule is C=C(C)COc1cccc(C(=O)N(C)Cc2nc(-c3cccc(OC)c3)no2)c1. The molecule has 0 radical (unpaired) electrons. The van der Waals surface area contributed by atoms with Crippen molar-refractivity contribution >= 4 is 5.91 Å². The lowest BCUT2D eigenvalue weighted by Crippen LogP contribution is -2.26. The summed E-state index contributed by atoms with van der Waals surface area (Å²) in [5.41, 5.74) is 2.19. The van der Waals surface area contributed by atoms with Gasteiger partial charge in [-0.1, -0.05) is 29.9 Å². The normalized spacial score (nSPS) is 10.4. The first-order chi connectivity index (χ1) is 14.0. The molecule has 0 fully saturated rings. The van der Waals surface area contributed by atoms with Crippen LogP contribution in [-0.4, -0.2) is 41.7 Å². The van der Waals surface area contributed by atoms with E-state index < -0.39 is 0 Å². The summed E-state index contributed by atoms with van der Waals surface area (Å²) >= 11 is 0. The number of methoxy groups -OCH3 is 1. The molecule has 1 heterocycles. The Balaban J connectivity index is 1.68. The number of hydrogen-bond donors (Lipinski definition) is 0. The number of hydrogen-bond acceptors (Lipinski definition) is 6. The van der Waals surface area contributed by atoms with Crippen LogP contribution < -0.4 is 9.47 Å². The average molecular weight is 393 g/mol. The Morgan fingerprint density at radius 2 is 1.93 bits per heavy atom. The van der Waals surface area contributed by atoms with Crippen molar-refractivity contribution in [2.75, 3.05) is 20.8 Å². The molecule has 0 aliphatic heterocycles. The lowest BCUT2D eigenvalue weighted by Gasteiger charge is -2.15. The Morgan fingerprint density at radius 1 is 1.17 bits per heavy atom. The second-order valence-corrected chi connectivity index (χ2v) is 6.68. The number of rotatable bonds is 8. The molecule has 0 saturated heterocycles. The number of nitrogens with zero attached hydrogens (tertiary/aromatic N) is 3.